The Bertz CT molecular complexity index is 408. The van der Waals surface area contributed by atoms with E-state index in [4.69, 9.17) is 9.47 Å². The molecule has 1 N–H and O–H groups in total. The lowest BCUT2D eigenvalue weighted by Crippen LogP contribution is -2.36. The highest BCUT2D eigenvalue weighted by Gasteiger charge is 2.18. The van der Waals surface area contributed by atoms with E-state index in [1.807, 2.05) is 31.2 Å². The average Bonchev–Trinajstić information content (AvgIpc) is 2.70. The van der Waals surface area contributed by atoms with Gasteiger partial charge in [0.1, 0.15) is 6.61 Å². The summed E-state index contributed by atoms with van der Waals surface area (Å²) in [5, 5.41) is 3.67. The van der Waals surface area contributed by atoms with Gasteiger partial charge in [0.25, 0.3) is 0 Å². The van der Waals surface area contributed by atoms with Crippen LogP contribution in [0.4, 0.5) is 0 Å². The Labute approximate surface area is 129 Å². The Morgan fingerprint density at radius 1 is 1.05 bits per heavy atom. The van der Waals surface area contributed by atoms with Crippen LogP contribution in [0.25, 0.3) is 0 Å². The maximum absolute atomic E-state index is 5.86. The van der Waals surface area contributed by atoms with Crippen molar-refractivity contribution in [1.82, 2.24) is 5.32 Å². The molecule has 0 radical (unpaired) electrons. The fourth-order valence-electron chi connectivity index (χ4n) is 3.05. The van der Waals surface area contributed by atoms with Crippen LogP contribution >= 0.6 is 0 Å². The zero-order valence-electron chi connectivity index (χ0n) is 13.4. The minimum Gasteiger partial charge on any atom is -0.490 e. The molecule has 2 atom stereocenters. The molecule has 1 aliphatic carbocycles. The van der Waals surface area contributed by atoms with Crippen molar-refractivity contribution in [2.45, 2.75) is 52.0 Å². The molecule has 118 valence electrons. The first-order valence-electron chi connectivity index (χ1n) is 8.39. The van der Waals surface area contributed by atoms with Gasteiger partial charge in [-0.05, 0) is 37.8 Å². The van der Waals surface area contributed by atoms with E-state index in [1.165, 1.54) is 32.1 Å². The molecule has 0 amide bonds. The van der Waals surface area contributed by atoms with Crippen LogP contribution in [0.5, 0.6) is 11.5 Å². The fraction of sp³-hybridized carbons (Fsp3) is 0.667. The molecular weight excluding hydrogens is 262 g/mol. The normalized spacial score (nSPS) is 22.6. The summed E-state index contributed by atoms with van der Waals surface area (Å²) in [6.07, 6.45) is 6.79. The summed E-state index contributed by atoms with van der Waals surface area (Å²) < 4.78 is 11.4. The minimum absolute atomic E-state index is 0.651. The highest BCUT2D eigenvalue weighted by Crippen LogP contribution is 2.26. The molecule has 2 unspecified atom stereocenters. The van der Waals surface area contributed by atoms with Crippen LogP contribution in [0.15, 0.2) is 24.3 Å². The summed E-state index contributed by atoms with van der Waals surface area (Å²) in [5.41, 5.74) is 0. The first-order chi connectivity index (χ1) is 10.3. The van der Waals surface area contributed by atoms with Crippen LogP contribution in [-0.4, -0.2) is 25.8 Å². The summed E-state index contributed by atoms with van der Waals surface area (Å²) in [5.74, 6) is 2.46. The molecule has 0 aliphatic heterocycles. The molecule has 2 rings (SSSR count). The van der Waals surface area contributed by atoms with Gasteiger partial charge < -0.3 is 14.8 Å². The van der Waals surface area contributed by atoms with Crippen molar-refractivity contribution < 1.29 is 9.47 Å². The molecule has 0 bridgehead atoms. The number of nitrogens with one attached hydrogen (secondary N) is 1. The van der Waals surface area contributed by atoms with E-state index < -0.39 is 0 Å². The van der Waals surface area contributed by atoms with Gasteiger partial charge in [-0.1, -0.05) is 38.3 Å². The van der Waals surface area contributed by atoms with E-state index in [2.05, 4.69) is 12.2 Å². The van der Waals surface area contributed by atoms with Crippen molar-refractivity contribution in [2.24, 2.45) is 5.92 Å². The van der Waals surface area contributed by atoms with E-state index in [0.29, 0.717) is 19.3 Å². The predicted octanol–water partition coefficient (Wildman–Crippen LogP) is 4.02. The third-order valence-corrected chi connectivity index (χ3v) is 4.28. The summed E-state index contributed by atoms with van der Waals surface area (Å²) in [6.45, 7) is 6.61. The van der Waals surface area contributed by atoms with Crippen molar-refractivity contribution in [3.8, 4) is 11.5 Å². The monoisotopic (exact) mass is 291 g/mol. The molecule has 0 heterocycles. The van der Waals surface area contributed by atoms with E-state index in [1.54, 1.807) is 0 Å². The molecule has 21 heavy (non-hydrogen) atoms. The second-order valence-corrected chi connectivity index (χ2v) is 5.90. The molecule has 3 nitrogen and oxygen atoms in total. The lowest BCUT2D eigenvalue weighted by atomic mass is 9.97. The number of hydrogen-bond acceptors (Lipinski definition) is 3. The Balaban J connectivity index is 1.74. The smallest absolute Gasteiger partial charge is 0.161 e. The van der Waals surface area contributed by atoms with Crippen molar-refractivity contribution in [3.05, 3.63) is 24.3 Å². The Kier molecular flexibility index (Phi) is 6.87. The van der Waals surface area contributed by atoms with Gasteiger partial charge in [-0.25, -0.2) is 0 Å². The number of benzene rings is 1. The van der Waals surface area contributed by atoms with Gasteiger partial charge in [-0.15, -0.1) is 0 Å². The second kappa shape index (κ2) is 8.93. The molecule has 1 aromatic rings. The van der Waals surface area contributed by atoms with Gasteiger partial charge in [-0.3, -0.25) is 0 Å². The topological polar surface area (TPSA) is 30.5 Å². The van der Waals surface area contributed by atoms with Gasteiger partial charge in [0, 0.05) is 12.6 Å². The summed E-state index contributed by atoms with van der Waals surface area (Å²) in [4.78, 5) is 0. The molecule has 0 aromatic heterocycles. The average molecular weight is 291 g/mol. The van der Waals surface area contributed by atoms with Gasteiger partial charge in [0.05, 0.1) is 6.61 Å². The van der Waals surface area contributed by atoms with E-state index in [9.17, 15) is 0 Å². The first kappa shape index (κ1) is 16.2. The summed E-state index contributed by atoms with van der Waals surface area (Å²) >= 11 is 0. The lowest BCUT2D eigenvalue weighted by molar-refractivity contribution is 0.261. The maximum atomic E-state index is 5.86. The molecule has 0 saturated heterocycles. The fourth-order valence-corrected chi connectivity index (χ4v) is 3.05. The molecular formula is C18H29NO2. The summed E-state index contributed by atoms with van der Waals surface area (Å²) in [7, 11) is 0. The SMILES string of the molecule is CCOc1ccccc1OCCNC1CCCCCC1C. The van der Waals surface area contributed by atoms with Crippen LogP contribution < -0.4 is 14.8 Å². The first-order valence-corrected chi connectivity index (χ1v) is 8.39. The van der Waals surface area contributed by atoms with Crippen LogP contribution in [0, 0.1) is 5.92 Å². The van der Waals surface area contributed by atoms with Gasteiger partial charge in [0.2, 0.25) is 0 Å². The van der Waals surface area contributed by atoms with Crippen LogP contribution in [-0.2, 0) is 0 Å². The Morgan fingerprint density at radius 3 is 2.52 bits per heavy atom. The number of ether oxygens (including phenoxy) is 2. The quantitative estimate of drug-likeness (QED) is 0.608. The highest BCUT2D eigenvalue weighted by atomic mass is 16.5. The predicted molar refractivity (Wildman–Crippen MR) is 87.1 cm³/mol. The lowest BCUT2D eigenvalue weighted by Gasteiger charge is -2.23. The molecule has 3 heteroatoms. The van der Waals surface area contributed by atoms with E-state index in [0.717, 1.165) is 24.0 Å². The van der Waals surface area contributed by atoms with Crippen molar-refractivity contribution in [1.29, 1.82) is 0 Å². The van der Waals surface area contributed by atoms with Gasteiger partial charge in [-0.2, -0.15) is 0 Å². The minimum atomic E-state index is 0.651. The standard InChI is InChI=1S/C18H29NO2/c1-3-20-17-11-7-8-12-18(17)21-14-13-19-16-10-6-4-5-9-15(16)2/h7-8,11-12,15-16,19H,3-6,9-10,13-14H2,1-2H3. The van der Waals surface area contributed by atoms with Crippen molar-refractivity contribution in [2.75, 3.05) is 19.8 Å². The number of hydrogen-bond donors (Lipinski definition) is 1. The molecule has 1 saturated carbocycles. The molecule has 1 aliphatic rings. The molecule has 1 aromatic carbocycles. The zero-order valence-corrected chi connectivity index (χ0v) is 13.4. The van der Waals surface area contributed by atoms with Gasteiger partial charge >= 0.3 is 0 Å². The van der Waals surface area contributed by atoms with Crippen molar-refractivity contribution in [3.63, 3.8) is 0 Å². The third kappa shape index (κ3) is 5.24. The zero-order chi connectivity index (χ0) is 14.9. The van der Waals surface area contributed by atoms with E-state index in [-0.39, 0.29) is 0 Å². The Morgan fingerprint density at radius 2 is 1.76 bits per heavy atom. The third-order valence-electron chi connectivity index (χ3n) is 4.28. The van der Waals surface area contributed by atoms with E-state index >= 15 is 0 Å². The number of rotatable bonds is 7. The van der Waals surface area contributed by atoms with Crippen LogP contribution in [0.2, 0.25) is 0 Å². The van der Waals surface area contributed by atoms with Gasteiger partial charge in [0.15, 0.2) is 11.5 Å². The maximum Gasteiger partial charge on any atom is 0.161 e. The van der Waals surface area contributed by atoms with Crippen LogP contribution in [0.3, 0.4) is 0 Å². The second-order valence-electron chi connectivity index (χ2n) is 5.90. The Hall–Kier alpha value is -1.22. The number of para-hydroxylation sites is 2. The summed E-state index contributed by atoms with van der Waals surface area (Å²) in [6, 6.07) is 8.54. The largest absolute Gasteiger partial charge is 0.490 e. The molecule has 0 spiro atoms. The van der Waals surface area contributed by atoms with Crippen molar-refractivity contribution >= 4 is 0 Å². The highest BCUT2D eigenvalue weighted by molar-refractivity contribution is 5.39. The van der Waals surface area contributed by atoms with Crippen LogP contribution in [0.1, 0.15) is 46.0 Å². The molecule has 1 fully saturated rings.